The first-order chi connectivity index (χ1) is 11.4. The van der Waals surface area contributed by atoms with Gasteiger partial charge in [-0.05, 0) is 24.3 Å². The number of furan rings is 1. The zero-order valence-corrected chi connectivity index (χ0v) is 13.5. The van der Waals surface area contributed by atoms with Crippen LogP contribution < -0.4 is 5.43 Å². The Morgan fingerprint density at radius 3 is 2.28 bits per heavy atom. The largest absolute Gasteiger partial charge is 0.462 e. The van der Waals surface area contributed by atoms with Gasteiger partial charge in [-0.15, -0.1) is 0 Å². The molecule has 136 valence electrons. The second kappa shape index (κ2) is 6.70. The van der Waals surface area contributed by atoms with Crippen molar-refractivity contribution in [3.05, 3.63) is 46.6 Å². The Labute approximate surface area is 144 Å². The van der Waals surface area contributed by atoms with Crippen molar-refractivity contribution in [2.45, 2.75) is 18.1 Å². The monoisotopic (exact) mass is 432 g/mol. The molecule has 0 aliphatic carbocycles. The fourth-order valence-corrected chi connectivity index (χ4v) is 2.04. The number of hydrogen-bond acceptors (Lipinski definition) is 3. The lowest BCUT2D eigenvalue weighted by atomic mass is 10.2. The third kappa shape index (κ3) is 4.14. The average Bonchev–Trinajstić information content (AvgIpc) is 2.94. The zero-order chi connectivity index (χ0) is 18.9. The van der Waals surface area contributed by atoms with Gasteiger partial charge in [0.25, 0.3) is 0 Å². The van der Waals surface area contributed by atoms with Crippen LogP contribution in [0.1, 0.15) is 5.76 Å². The molecule has 0 fully saturated rings. The fraction of sp³-hybridized carbons (Fsp3) is 0.214. The van der Waals surface area contributed by atoms with Crippen molar-refractivity contribution in [3.8, 4) is 11.3 Å². The van der Waals surface area contributed by atoms with Crippen LogP contribution in [0.2, 0.25) is 0 Å². The van der Waals surface area contributed by atoms with Crippen LogP contribution >= 0.6 is 15.9 Å². The number of benzene rings is 1. The standard InChI is InChI=1S/C14H8BrF7N2O/c15-9-3-1-2-8(6-9)11-5-4-10(25-11)7-23-24-14(21,22)12(16,17)13(18,19)20/h1-7,24H/b23-7-. The van der Waals surface area contributed by atoms with Gasteiger partial charge in [-0.2, -0.15) is 35.8 Å². The fourth-order valence-electron chi connectivity index (χ4n) is 1.64. The summed E-state index contributed by atoms with van der Waals surface area (Å²) in [4.78, 5) is 0. The van der Waals surface area contributed by atoms with Crippen LogP contribution in [0.15, 0.2) is 50.4 Å². The summed E-state index contributed by atoms with van der Waals surface area (Å²) in [7, 11) is 0. The highest BCUT2D eigenvalue weighted by molar-refractivity contribution is 9.10. The lowest BCUT2D eigenvalue weighted by Gasteiger charge is -2.27. The summed E-state index contributed by atoms with van der Waals surface area (Å²) in [6.07, 6.45) is -5.88. The molecule has 0 spiro atoms. The van der Waals surface area contributed by atoms with E-state index in [4.69, 9.17) is 4.42 Å². The van der Waals surface area contributed by atoms with Crippen LogP contribution in [0.3, 0.4) is 0 Å². The molecular formula is C14H8BrF7N2O. The molecule has 0 saturated heterocycles. The van der Waals surface area contributed by atoms with Crippen molar-refractivity contribution in [2.75, 3.05) is 0 Å². The molecule has 2 aromatic rings. The molecule has 1 N–H and O–H groups in total. The van der Waals surface area contributed by atoms with E-state index in [1.54, 1.807) is 24.3 Å². The second-order valence-corrected chi connectivity index (χ2v) is 5.64. The molecular weight excluding hydrogens is 425 g/mol. The average molecular weight is 433 g/mol. The number of hydrogen-bond donors (Lipinski definition) is 1. The number of rotatable bonds is 5. The first kappa shape index (κ1) is 19.3. The quantitative estimate of drug-likeness (QED) is 0.296. The van der Waals surface area contributed by atoms with Gasteiger partial charge < -0.3 is 4.42 Å². The third-order valence-electron chi connectivity index (χ3n) is 2.88. The van der Waals surface area contributed by atoms with Gasteiger partial charge in [0.15, 0.2) is 0 Å². The van der Waals surface area contributed by atoms with Gasteiger partial charge in [-0.3, -0.25) is 0 Å². The molecule has 11 heteroatoms. The van der Waals surface area contributed by atoms with Crippen LogP contribution in [0.5, 0.6) is 0 Å². The maximum Gasteiger partial charge on any atom is 0.462 e. The molecule has 25 heavy (non-hydrogen) atoms. The highest BCUT2D eigenvalue weighted by Crippen LogP contribution is 2.45. The minimum absolute atomic E-state index is 0.131. The molecule has 0 aliphatic heterocycles. The van der Waals surface area contributed by atoms with E-state index in [1.165, 1.54) is 12.1 Å². The van der Waals surface area contributed by atoms with Crippen molar-refractivity contribution < 1.29 is 35.2 Å². The van der Waals surface area contributed by atoms with E-state index in [2.05, 4.69) is 21.0 Å². The van der Waals surface area contributed by atoms with Gasteiger partial charge in [-0.25, -0.2) is 5.43 Å². The number of alkyl halides is 7. The Balaban J connectivity index is 2.11. The SMILES string of the molecule is FC(F)(F)C(F)(F)C(F)(F)N/N=C\c1ccc(-c2cccc(Br)c2)o1. The molecule has 3 nitrogen and oxygen atoms in total. The van der Waals surface area contributed by atoms with Gasteiger partial charge >= 0.3 is 18.1 Å². The molecule has 2 rings (SSSR count). The lowest BCUT2D eigenvalue weighted by Crippen LogP contribution is -2.58. The van der Waals surface area contributed by atoms with Crippen molar-refractivity contribution in [1.82, 2.24) is 5.43 Å². The number of nitrogens with zero attached hydrogens (tertiary/aromatic N) is 1. The molecule has 1 aromatic carbocycles. The first-order valence-corrected chi connectivity index (χ1v) is 7.22. The summed E-state index contributed by atoms with van der Waals surface area (Å²) >= 11 is 3.24. The van der Waals surface area contributed by atoms with Crippen LogP contribution in [0, 0.1) is 0 Å². The summed E-state index contributed by atoms with van der Waals surface area (Å²) in [5.74, 6) is -6.11. The Bertz CT molecular complexity index is 771. The normalized spacial score (nSPS) is 13.4. The van der Waals surface area contributed by atoms with Crippen molar-refractivity contribution in [2.24, 2.45) is 5.10 Å². The highest BCUT2D eigenvalue weighted by atomic mass is 79.9. The Morgan fingerprint density at radius 1 is 1.00 bits per heavy atom. The lowest BCUT2D eigenvalue weighted by molar-refractivity contribution is -0.361. The number of halogens is 8. The van der Waals surface area contributed by atoms with Crippen LogP contribution in [-0.4, -0.2) is 24.4 Å². The topological polar surface area (TPSA) is 37.5 Å². The highest BCUT2D eigenvalue weighted by Gasteiger charge is 2.73. The van der Waals surface area contributed by atoms with Gasteiger partial charge in [0.1, 0.15) is 11.5 Å². The smallest absolute Gasteiger partial charge is 0.455 e. The van der Waals surface area contributed by atoms with Gasteiger partial charge in [0, 0.05) is 10.0 Å². The van der Waals surface area contributed by atoms with E-state index < -0.39 is 18.1 Å². The van der Waals surface area contributed by atoms with E-state index in [9.17, 15) is 30.7 Å². The van der Waals surface area contributed by atoms with Crippen molar-refractivity contribution in [1.29, 1.82) is 0 Å². The summed E-state index contributed by atoms with van der Waals surface area (Å²) in [6.45, 7) is 0. The molecule has 0 bridgehead atoms. The zero-order valence-electron chi connectivity index (χ0n) is 11.9. The predicted octanol–water partition coefficient (Wildman–Crippen LogP) is 5.42. The first-order valence-electron chi connectivity index (χ1n) is 6.42. The maximum atomic E-state index is 13.0. The summed E-state index contributed by atoms with van der Waals surface area (Å²) in [6, 6.07) is 3.93. The van der Waals surface area contributed by atoms with Gasteiger partial charge in [0.05, 0.1) is 6.21 Å². The minimum Gasteiger partial charge on any atom is -0.455 e. The summed E-state index contributed by atoms with van der Waals surface area (Å²) in [5, 5.41) is 2.71. The van der Waals surface area contributed by atoms with E-state index in [-0.39, 0.29) is 5.76 Å². The minimum atomic E-state index is -6.43. The summed E-state index contributed by atoms with van der Waals surface area (Å²) < 4.78 is 93.1. The molecule has 0 saturated carbocycles. The Morgan fingerprint density at radius 2 is 1.68 bits per heavy atom. The molecule has 0 radical (unpaired) electrons. The van der Waals surface area contributed by atoms with E-state index in [0.29, 0.717) is 23.0 Å². The van der Waals surface area contributed by atoms with E-state index in [1.807, 2.05) is 0 Å². The van der Waals surface area contributed by atoms with Crippen molar-refractivity contribution >= 4 is 22.1 Å². The maximum absolute atomic E-state index is 13.0. The molecule has 1 heterocycles. The molecule has 0 atom stereocenters. The van der Waals surface area contributed by atoms with Crippen LogP contribution in [-0.2, 0) is 0 Å². The summed E-state index contributed by atoms with van der Waals surface area (Å²) in [5.41, 5.74) is 1.13. The van der Waals surface area contributed by atoms with E-state index in [0.717, 1.165) is 4.47 Å². The van der Waals surface area contributed by atoms with E-state index >= 15 is 0 Å². The predicted molar refractivity (Wildman–Crippen MR) is 78.5 cm³/mol. The van der Waals surface area contributed by atoms with Crippen LogP contribution in [0.4, 0.5) is 30.7 Å². The molecule has 0 unspecified atom stereocenters. The third-order valence-corrected chi connectivity index (χ3v) is 3.38. The Hall–Kier alpha value is -2.04. The molecule has 0 aliphatic rings. The molecule has 0 amide bonds. The second-order valence-electron chi connectivity index (χ2n) is 4.73. The van der Waals surface area contributed by atoms with Crippen LogP contribution in [0.25, 0.3) is 11.3 Å². The van der Waals surface area contributed by atoms with Crippen molar-refractivity contribution in [3.63, 3.8) is 0 Å². The molecule has 1 aromatic heterocycles. The Kier molecular flexibility index (Phi) is 5.17. The van der Waals surface area contributed by atoms with Gasteiger partial charge in [0.2, 0.25) is 0 Å². The number of nitrogens with one attached hydrogen (secondary N) is 1. The van der Waals surface area contributed by atoms with Gasteiger partial charge in [-0.1, -0.05) is 28.1 Å². The number of hydrazone groups is 1.